The Morgan fingerprint density at radius 1 is 1.03 bits per heavy atom. The van der Waals surface area contributed by atoms with Crippen molar-refractivity contribution >= 4 is 28.4 Å². The maximum atomic E-state index is 5.89. The van der Waals surface area contributed by atoms with Crippen LogP contribution in [0.1, 0.15) is 18.4 Å². The van der Waals surface area contributed by atoms with Crippen molar-refractivity contribution in [3.8, 4) is 11.1 Å². The van der Waals surface area contributed by atoms with E-state index in [1.54, 1.807) is 0 Å². The summed E-state index contributed by atoms with van der Waals surface area (Å²) in [5.74, 6) is 1.62. The number of nitrogens with zero attached hydrogens (tertiary/aromatic N) is 5. The molecule has 2 N–H and O–H groups in total. The number of hydrogen-bond acceptors (Lipinski definition) is 6. The summed E-state index contributed by atoms with van der Waals surface area (Å²) in [6.45, 7) is 2.26. The summed E-state index contributed by atoms with van der Waals surface area (Å²) in [6.07, 6.45) is 4.95. The average Bonchev–Trinajstić information content (AvgIpc) is 3.12. The third-order valence-corrected chi connectivity index (χ3v) is 6.18. The fourth-order valence-corrected chi connectivity index (χ4v) is 4.31. The molecule has 0 aliphatic carbocycles. The molecule has 0 spiro atoms. The first-order valence-electron chi connectivity index (χ1n) is 10.2. The Kier molecular flexibility index (Phi) is 4.43. The Balaban J connectivity index is 1.46. The highest BCUT2D eigenvalue weighted by molar-refractivity contribution is 5.92. The second kappa shape index (κ2) is 7.12. The molecular weight excluding hydrogens is 360 g/mol. The first-order valence-corrected chi connectivity index (χ1v) is 10.2. The molecule has 6 nitrogen and oxygen atoms in total. The maximum absolute atomic E-state index is 5.89. The lowest BCUT2D eigenvalue weighted by Gasteiger charge is -2.35. The third kappa shape index (κ3) is 3.44. The van der Waals surface area contributed by atoms with E-state index in [9.17, 15) is 0 Å². The van der Waals surface area contributed by atoms with Gasteiger partial charge in [-0.2, -0.15) is 0 Å². The lowest BCUT2D eigenvalue weighted by molar-refractivity contribution is 0.252. The van der Waals surface area contributed by atoms with E-state index in [4.69, 9.17) is 10.7 Å². The van der Waals surface area contributed by atoms with Crippen molar-refractivity contribution in [3.63, 3.8) is 0 Å². The lowest BCUT2D eigenvalue weighted by atomic mass is 10.0. The Hall–Kier alpha value is -2.99. The molecule has 3 heterocycles. The van der Waals surface area contributed by atoms with Crippen LogP contribution in [0.3, 0.4) is 0 Å². The Morgan fingerprint density at radius 3 is 2.62 bits per heavy atom. The Labute approximate surface area is 171 Å². The molecule has 0 atom stereocenters. The van der Waals surface area contributed by atoms with Crippen molar-refractivity contribution in [1.29, 1.82) is 0 Å². The number of aromatic nitrogens is 2. The molecule has 2 aliphatic rings. The van der Waals surface area contributed by atoms with Crippen molar-refractivity contribution in [1.82, 2.24) is 14.9 Å². The van der Waals surface area contributed by atoms with Crippen LogP contribution in [0.5, 0.6) is 0 Å². The van der Waals surface area contributed by atoms with Gasteiger partial charge < -0.3 is 15.5 Å². The molecule has 1 fully saturated rings. The van der Waals surface area contributed by atoms with Crippen LogP contribution in [-0.4, -0.2) is 53.9 Å². The van der Waals surface area contributed by atoms with Crippen LogP contribution in [-0.2, 0) is 6.42 Å². The summed E-state index contributed by atoms with van der Waals surface area (Å²) in [7, 11) is 4.32. The van der Waals surface area contributed by atoms with Gasteiger partial charge in [0.25, 0.3) is 0 Å². The highest BCUT2D eigenvalue weighted by Gasteiger charge is 2.22. The second-order valence-electron chi connectivity index (χ2n) is 8.20. The first kappa shape index (κ1) is 18.1. The number of nitrogens with two attached hydrogens (primary N) is 1. The quantitative estimate of drug-likeness (QED) is 0.747. The van der Waals surface area contributed by atoms with Crippen LogP contribution in [0, 0.1) is 0 Å². The molecule has 2 aromatic carbocycles. The van der Waals surface area contributed by atoms with Crippen molar-refractivity contribution in [2.75, 3.05) is 32.1 Å². The zero-order chi connectivity index (χ0) is 20.0. The summed E-state index contributed by atoms with van der Waals surface area (Å²) >= 11 is 0. The molecule has 29 heavy (non-hydrogen) atoms. The molecule has 1 aromatic heterocycles. The average molecular weight is 387 g/mol. The van der Waals surface area contributed by atoms with Crippen LogP contribution < -0.4 is 10.6 Å². The summed E-state index contributed by atoms with van der Waals surface area (Å²) in [4.78, 5) is 18.7. The number of hydrogen-bond donors (Lipinski definition) is 1. The van der Waals surface area contributed by atoms with Crippen LogP contribution in [0.4, 0.5) is 11.5 Å². The van der Waals surface area contributed by atoms with Crippen LogP contribution >= 0.6 is 0 Å². The van der Waals surface area contributed by atoms with E-state index in [1.807, 2.05) is 12.3 Å². The van der Waals surface area contributed by atoms with E-state index in [1.165, 1.54) is 5.56 Å². The van der Waals surface area contributed by atoms with Gasteiger partial charge in [0.15, 0.2) is 0 Å². The predicted octanol–water partition coefficient (Wildman–Crippen LogP) is 3.37. The SMILES string of the molecule is CN1CCC(N(C)c2cnc3ccc(-c4ccc5c(c4)N=C(N)C5)cc3n2)CC1. The monoisotopic (exact) mass is 386 g/mol. The van der Waals surface area contributed by atoms with Crippen molar-refractivity contribution in [2.45, 2.75) is 25.3 Å². The largest absolute Gasteiger partial charge is 0.387 e. The van der Waals surface area contributed by atoms with E-state index in [0.29, 0.717) is 11.9 Å². The minimum Gasteiger partial charge on any atom is -0.387 e. The van der Waals surface area contributed by atoms with Gasteiger partial charge in [-0.05, 0) is 67.9 Å². The summed E-state index contributed by atoms with van der Waals surface area (Å²) in [5, 5.41) is 0. The Morgan fingerprint density at radius 2 is 1.79 bits per heavy atom. The molecule has 3 aromatic rings. The van der Waals surface area contributed by atoms with E-state index in [-0.39, 0.29) is 0 Å². The smallest absolute Gasteiger partial charge is 0.147 e. The molecule has 0 amide bonds. The number of fused-ring (bicyclic) bond motifs is 2. The van der Waals surface area contributed by atoms with E-state index in [2.05, 4.69) is 64.2 Å². The highest BCUT2D eigenvalue weighted by Crippen LogP contribution is 2.32. The maximum Gasteiger partial charge on any atom is 0.147 e. The molecule has 148 valence electrons. The molecule has 0 bridgehead atoms. The van der Waals surface area contributed by atoms with Gasteiger partial charge >= 0.3 is 0 Å². The van der Waals surface area contributed by atoms with Gasteiger partial charge in [0.2, 0.25) is 0 Å². The standard InChI is InChI=1S/C23H26N6/c1-28-9-7-18(8-10-28)29(2)23-14-25-19-6-5-16(12-21(19)27-23)15-3-4-17-13-22(24)26-20(17)11-15/h3-6,11-12,14,18H,7-10,13H2,1-2H3,(H2,24,26). The number of likely N-dealkylation sites (tertiary alicyclic amines) is 1. The minimum atomic E-state index is 0.515. The number of piperidine rings is 1. The van der Waals surface area contributed by atoms with Crippen LogP contribution in [0.15, 0.2) is 47.6 Å². The fourth-order valence-electron chi connectivity index (χ4n) is 4.31. The van der Waals surface area contributed by atoms with E-state index in [0.717, 1.165) is 66.0 Å². The van der Waals surface area contributed by atoms with Gasteiger partial charge in [0, 0.05) is 19.5 Å². The second-order valence-corrected chi connectivity index (χ2v) is 8.20. The van der Waals surface area contributed by atoms with Gasteiger partial charge in [0.1, 0.15) is 11.7 Å². The number of benzene rings is 2. The third-order valence-electron chi connectivity index (χ3n) is 6.18. The molecule has 6 heteroatoms. The fraction of sp³-hybridized carbons (Fsp3) is 0.348. The van der Waals surface area contributed by atoms with E-state index < -0.39 is 0 Å². The number of anilines is 1. The van der Waals surface area contributed by atoms with Crippen LogP contribution in [0.2, 0.25) is 0 Å². The number of aliphatic imine (C=N–C) groups is 1. The molecule has 5 rings (SSSR count). The Bertz CT molecular complexity index is 1100. The van der Waals surface area contributed by atoms with Gasteiger partial charge in [-0.15, -0.1) is 0 Å². The minimum absolute atomic E-state index is 0.515. The normalized spacial score (nSPS) is 17.4. The van der Waals surface area contributed by atoms with E-state index >= 15 is 0 Å². The van der Waals surface area contributed by atoms with Gasteiger partial charge in [-0.3, -0.25) is 4.98 Å². The molecule has 0 unspecified atom stereocenters. The zero-order valence-electron chi connectivity index (χ0n) is 17.0. The molecule has 0 radical (unpaired) electrons. The molecule has 0 saturated carbocycles. The zero-order valence-corrected chi connectivity index (χ0v) is 17.0. The van der Waals surface area contributed by atoms with Crippen molar-refractivity contribution in [2.24, 2.45) is 10.7 Å². The number of amidine groups is 1. The first-order chi connectivity index (χ1) is 14.1. The lowest BCUT2D eigenvalue weighted by Crippen LogP contribution is -2.42. The summed E-state index contributed by atoms with van der Waals surface area (Å²) < 4.78 is 0. The number of rotatable bonds is 3. The summed E-state index contributed by atoms with van der Waals surface area (Å²) in [6, 6.07) is 13.1. The van der Waals surface area contributed by atoms with Crippen molar-refractivity contribution in [3.05, 3.63) is 48.2 Å². The van der Waals surface area contributed by atoms with Crippen molar-refractivity contribution < 1.29 is 0 Å². The van der Waals surface area contributed by atoms with Gasteiger partial charge in [-0.1, -0.05) is 18.2 Å². The van der Waals surface area contributed by atoms with Gasteiger partial charge in [-0.25, -0.2) is 9.98 Å². The molecule has 2 aliphatic heterocycles. The highest BCUT2D eigenvalue weighted by atomic mass is 15.2. The molecular formula is C23H26N6. The topological polar surface area (TPSA) is 70.6 Å². The van der Waals surface area contributed by atoms with Gasteiger partial charge in [0.05, 0.1) is 22.9 Å². The summed E-state index contributed by atoms with van der Waals surface area (Å²) in [5.41, 5.74) is 12.1. The molecule has 1 saturated heterocycles. The predicted molar refractivity (Wildman–Crippen MR) is 119 cm³/mol. The van der Waals surface area contributed by atoms with Crippen LogP contribution in [0.25, 0.3) is 22.2 Å².